The Balaban J connectivity index is 1.96. The molecule has 1 atom stereocenters. The van der Waals surface area contributed by atoms with E-state index < -0.39 is 0 Å². The van der Waals surface area contributed by atoms with E-state index in [1.165, 1.54) is 10.9 Å². The van der Waals surface area contributed by atoms with Gasteiger partial charge in [-0.15, -0.1) is 0 Å². The SMILES string of the molecule is CCn1nc(CC(N)c2cc(C)oc2C)c2ccccc21. The highest BCUT2D eigenvalue weighted by Gasteiger charge is 2.17. The molecular weight excluding hydrogens is 262 g/mol. The highest BCUT2D eigenvalue weighted by molar-refractivity contribution is 5.82. The molecule has 0 aliphatic carbocycles. The standard InChI is InChI=1S/C17H21N3O/c1-4-20-17-8-6-5-7-13(17)16(19-20)10-15(18)14-9-11(2)21-12(14)3/h5-9,15H,4,10,18H2,1-3H3. The smallest absolute Gasteiger partial charge is 0.105 e. The molecule has 0 fully saturated rings. The highest BCUT2D eigenvalue weighted by Crippen LogP contribution is 2.26. The lowest BCUT2D eigenvalue weighted by atomic mass is 10.0. The van der Waals surface area contributed by atoms with Crippen molar-refractivity contribution in [1.82, 2.24) is 9.78 Å². The van der Waals surface area contributed by atoms with Gasteiger partial charge in [-0.3, -0.25) is 4.68 Å². The van der Waals surface area contributed by atoms with Crippen LogP contribution >= 0.6 is 0 Å². The third kappa shape index (κ3) is 2.47. The van der Waals surface area contributed by atoms with Gasteiger partial charge in [0.1, 0.15) is 11.5 Å². The summed E-state index contributed by atoms with van der Waals surface area (Å²) in [6.07, 6.45) is 0.716. The van der Waals surface area contributed by atoms with E-state index in [-0.39, 0.29) is 6.04 Å². The molecule has 0 amide bonds. The van der Waals surface area contributed by atoms with Crippen molar-refractivity contribution in [3.63, 3.8) is 0 Å². The number of benzene rings is 1. The third-order valence-electron chi connectivity index (χ3n) is 3.93. The van der Waals surface area contributed by atoms with Crippen molar-refractivity contribution in [1.29, 1.82) is 0 Å². The second kappa shape index (κ2) is 5.37. The number of aromatic nitrogens is 2. The van der Waals surface area contributed by atoms with Gasteiger partial charge in [-0.1, -0.05) is 18.2 Å². The fraction of sp³-hybridized carbons (Fsp3) is 0.353. The predicted molar refractivity (Wildman–Crippen MR) is 84.2 cm³/mol. The van der Waals surface area contributed by atoms with E-state index in [9.17, 15) is 0 Å². The molecule has 0 aliphatic rings. The maximum Gasteiger partial charge on any atom is 0.105 e. The lowest BCUT2D eigenvalue weighted by Gasteiger charge is -2.09. The Kier molecular flexibility index (Phi) is 3.55. The molecular formula is C17H21N3O. The van der Waals surface area contributed by atoms with E-state index in [1.807, 2.05) is 36.7 Å². The summed E-state index contributed by atoms with van der Waals surface area (Å²) in [5, 5.41) is 5.90. The van der Waals surface area contributed by atoms with Gasteiger partial charge in [0.2, 0.25) is 0 Å². The molecule has 0 saturated heterocycles. The molecule has 0 spiro atoms. The van der Waals surface area contributed by atoms with Crippen LogP contribution in [-0.2, 0) is 13.0 Å². The molecule has 3 rings (SSSR count). The van der Waals surface area contributed by atoms with Crippen LogP contribution in [0.4, 0.5) is 0 Å². The zero-order valence-electron chi connectivity index (χ0n) is 12.8. The van der Waals surface area contributed by atoms with Crippen molar-refractivity contribution in [3.8, 4) is 0 Å². The quantitative estimate of drug-likeness (QED) is 0.797. The lowest BCUT2D eigenvalue weighted by Crippen LogP contribution is -2.14. The second-order valence-corrected chi connectivity index (χ2v) is 5.46. The minimum atomic E-state index is -0.0916. The first-order valence-electron chi connectivity index (χ1n) is 7.37. The Hall–Kier alpha value is -2.07. The Morgan fingerprint density at radius 3 is 2.71 bits per heavy atom. The van der Waals surface area contributed by atoms with E-state index >= 15 is 0 Å². The van der Waals surface area contributed by atoms with Gasteiger partial charge in [0.15, 0.2) is 0 Å². The molecule has 2 aromatic heterocycles. The number of hydrogen-bond donors (Lipinski definition) is 1. The number of hydrogen-bond acceptors (Lipinski definition) is 3. The molecule has 2 heterocycles. The van der Waals surface area contributed by atoms with E-state index in [1.54, 1.807) is 0 Å². The first kappa shape index (κ1) is 13.9. The van der Waals surface area contributed by atoms with Crippen molar-refractivity contribution in [2.75, 3.05) is 0 Å². The van der Waals surface area contributed by atoms with Crippen LogP contribution in [0.5, 0.6) is 0 Å². The lowest BCUT2D eigenvalue weighted by molar-refractivity contribution is 0.497. The second-order valence-electron chi connectivity index (χ2n) is 5.46. The fourth-order valence-electron chi connectivity index (χ4n) is 2.92. The highest BCUT2D eigenvalue weighted by atomic mass is 16.3. The largest absolute Gasteiger partial charge is 0.466 e. The first-order chi connectivity index (χ1) is 10.1. The van der Waals surface area contributed by atoms with Crippen molar-refractivity contribution >= 4 is 10.9 Å². The van der Waals surface area contributed by atoms with Gasteiger partial charge in [0.25, 0.3) is 0 Å². The van der Waals surface area contributed by atoms with Gasteiger partial charge >= 0.3 is 0 Å². The molecule has 0 aliphatic heterocycles. The minimum Gasteiger partial charge on any atom is -0.466 e. The van der Waals surface area contributed by atoms with Crippen molar-refractivity contribution in [2.45, 2.75) is 39.8 Å². The molecule has 3 aromatic rings. The van der Waals surface area contributed by atoms with E-state index in [4.69, 9.17) is 15.2 Å². The molecule has 2 N–H and O–H groups in total. The maximum atomic E-state index is 6.37. The molecule has 21 heavy (non-hydrogen) atoms. The number of aryl methyl sites for hydroxylation is 3. The van der Waals surface area contributed by atoms with Crippen LogP contribution in [0, 0.1) is 13.8 Å². The Labute approximate surface area is 124 Å². The topological polar surface area (TPSA) is 57.0 Å². The number of nitrogens with zero attached hydrogens (tertiary/aromatic N) is 2. The van der Waals surface area contributed by atoms with Crippen LogP contribution < -0.4 is 5.73 Å². The zero-order chi connectivity index (χ0) is 15.0. The average molecular weight is 283 g/mol. The van der Waals surface area contributed by atoms with Gasteiger partial charge in [-0.2, -0.15) is 5.10 Å². The molecule has 1 unspecified atom stereocenters. The van der Waals surface area contributed by atoms with Crippen LogP contribution in [0.2, 0.25) is 0 Å². The van der Waals surface area contributed by atoms with Gasteiger partial charge in [-0.05, 0) is 32.9 Å². The molecule has 1 aromatic carbocycles. The molecule has 0 radical (unpaired) electrons. The van der Waals surface area contributed by atoms with E-state index in [0.717, 1.165) is 29.3 Å². The van der Waals surface area contributed by atoms with Crippen LogP contribution in [0.25, 0.3) is 10.9 Å². The number of para-hydroxylation sites is 1. The monoisotopic (exact) mass is 283 g/mol. The van der Waals surface area contributed by atoms with Gasteiger partial charge in [0.05, 0.1) is 11.2 Å². The summed E-state index contributed by atoms with van der Waals surface area (Å²) >= 11 is 0. The summed E-state index contributed by atoms with van der Waals surface area (Å²) in [7, 11) is 0. The van der Waals surface area contributed by atoms with Crippen LogP contribution in [0.15, 0.2) is 34.7 Å². The van der Waals surface area contributed by atoms with Gasteiger partial charge < -0.3 is 10.2 Å². The van der Waals surface area contributed by atoms with Gasteiger partial charge in [-0.25, -0.2) is 0 Å². The molecule has 0 saturated carbocycles. The number of fused-ring (bicyclic) bond motifs is 1. The summed E-state index contributed by atoms with van der Waals surface area (Å²) in [5.41, 5.74) is 9.67. The molecule has 4 heteroatoms. The maximum absolute atomic E-state index is 6.37. The Bertz CT molecular complexity index is 770. The molecule has 0 bridgehead atoms. The van der Waals surface area contributed by atoms with Crippen LogP contribution in [-0.4, -0.2) is 9.78 Å². The molecule has 110 valence electrons. The van der Waals surface area contributed by atoms with Crippen molar-refractivity contribution in [3.05, 3.63) is 53.1 Å². The summed E-state index contributed by atoms with van der Waals surface area (Å²) < 4.78 is 7.61. The normalized spacial score (nSPS) is 13.0. The first-order valence-corrected chi connectivity index (χ1v) is 7.37. The summed E-state index contributed by atoms with van der Waals surface area (Å²) in [5.74, 6) is 1.81. The summed E-state index contributed by atoms with van der Waals surface area (Å²) in [4.78, 5) is 0. The number of furan rings is 1. The number of nitrogens with two attached hydrogens (primary N) is 1. The predicted octanol–water partition coefficient (Wildman–Crippen LogP) is 3.51. The van der Waals surface area contributed by atoms with Crippen molar-refractivity contribution < 1.29 is 4.42 Å². The Morgan fingerprint density at radius 2 is 2.05 bits per heavy atom. The molecule has 4 nitrogen and oxygen atoms in total. The van der Waals surface area contributed by atoms with E-state index in [2.05, 4.69) is 19.1 Å². The van der Waals surface area contributed by atoms with Crippen LogP contribution in [0.1, 0.15) is 35.7 Å². The summed E-state index contributed by atoms with van der Waals surface area (Å²) in [6, 6.07) is 10.2. The van der Waals surface area contributed by atoms with Crippen LogP contribution in [0.3, 0.4) is 0 Å². The Morgan fingerprint density at radius 1 is 1.29 bits per heavy atom. The fourth-order valence-corrected chi connectivity index (χ4v) is 2.92. The van der Waals surface area contributed by atoms with Gasteiger partial charge in [0, 0.05) is 30.0 Å². The van der Waals surface area contributed by atoms with E-state index in [0.29, 0.717) is 6.42 Å². The summed E-state index contributed by atoms with van der Waals surface area (Å²) in [6.45, 7) is 6.88. The third-order valence-corrected chi connectivity index (χ3v) is 3.93. The van der Waals surface area contributed by atoms with Crippen molar-refractivity contribution in [2.24, 2.45) is 5.73 Å². The minimum absolute atomic E-state index is 0.0916. The zero-order valence-corrected chi connectivity index (χ0v) is 12.8. The average Bonchev–Trinajstić information content (AvgIpc) is 2.99. The number of rotatable bonds is 4.